The predicted molar refractivity (Wildman–Crippen MR) is 71.2 cm³/mol. The van der Waals surface area contributed by atoms with Crippen LogP contribution in [0.3, 0.4) is 0 Å². The molecule has 0 saturated heterocycles. The highest BCUT2D eigenvalue weighted by molar-refractivity contribution is 7.09. The van der Waals surface area contributed by atoms with E-state index in [1.165, 1.54) is 0 Å². The minimum atomic E-state index is 0.117. The van der Waals surface area contributed by atoms with Gasteiger partial charge in [-0.3, -0.25) is 9.69 Å². The molecule has 96 valence electrons. The van der Waals surface area contributed by atoms with Crippen molar-refractivity contribution >= 4 is 17.2 Å². The third-order valence-electron chi connectivity index (χ3n) is 2.40. The Balaban J connectivity index is 2.50. The second-order valence-corrected chi connectivity index (χ2v) is 5.68. The first-order valence-corrected chi connectivity index (χ1v) is 6.61. The Morgan fingerprint density at radius 3 is 2.53 bits per heavy atom. The number of hydrogen-bond donors (Lipinski definition) is 0. The van der Waals surface area contributed by atoms with E-state index >= 15 is 0 Å². The average Bonchev–Trinajstić information content (AvgIpc) is 2.65. The van der Waals surface area contributed by atoms with E-state index in [1.54, 1.807) is 30.3 Å². The number of aromatic nitrogens is 1. The molecule has 17 heavy (non-hydrogen) atoms. The largest absolute Gasteiger partial charge is 0.348 e. The summed E-state index contributed by atoms with van der Waals surface area (Å²) < 4.78 is 0. The van der Waals surface area contributed by atoms with Crippen LogP contribution in [0.1, 0.15) is 30.5 Å². The third kappa shape index (κ3) is 4.44. The molecule has 0 N–H and O–H groups in total. The lowest BCUT2D eigenvalue weighted by atomic mass is 10.2. The highest BCUT2D eigenvalue weighted by Gasteiger charge is 2.11. The van der Waals surface area contributed by atoms with E-state index < -0.39 is 0 Å². The van der Waals surface area contributed by atoms with Gasteiger partial charge in [-0.25, -0.2) is 4.98 Å². The van der Waals surface area contributed by atoms with Gasteiger partial charge in [0.15, 0.2) is 0 Å². The Morgan fingerprint density at radius 1 is 1.41 bits per heavy atom. The number of rotatable bonds is 5. The molecule has 0 unspecified atom stereocenters. The molecular formula is C12H21N3OS. The summed E-state index contributed by atoms with van der Waals surface area (Å²) in [6.45, 7) is 5.44. The van der Waals surface area contributed by atoms with Gasteiger partial charge in [0.25, 0.3) is 0 Å². The Morgan fingerprint density at radius 2 is 2.06 bits per heavy atom. The molecule has 5 heteroatoms. The SMILES string of the molecule is CC(C)c1nc(CN(C)CC(=O)N(C)C)cs1. The number of nitrogens with zero attached hydrogens (tertiary/aromatic N) is 3. The van der Waals surface area contributed by atoms with Crippen molar-refractivity contribution < 1.29 is 4.79 Å². The van der Waals surface area contributed by atoms with Gasteiger partial charge in [-0.15, -0.1) is 11.3 Å². The van der Waals surface area contributed by atoms with Crippen LogP contribution < -0.4 is 0 Å². The summed E-state index contributed by atoms with van der Waals surface area (Å²) in [6.07, 6.45) is 0. The van der Waals surface area contributed by atoms with E-state index in [4.69, 9.17) is 0 Å². The standard InChI is InChI=1S/C12H21N3OS/c1-9(2)12-13-10(8-17-12)6-15(5)7-11(16)14(3)4/h8-9H,6-7H2,1-5H3. The Labute approximate surface area is 107 Å². The van der Waals surface area contributed by atoms with Gasteiger partial charge in [0.2, 0.25) is 5.91 Å². The van der Waals surface area contributed by atoms with E-state index in [2.05, 4.69) is 24.2 Å². The fraction of sp³-hybridized carbons (Fsp3) is 0.667. The Kier molecular flexibility index (Phi) is 5.08. The zero-order valence-corrected chi connectivity index (χ0v) is 12.0. The maximum absolute atomic E-state index is 11.5. The zero-order chi connectivity index (χ0) is 13.0. The molecule has 0 atom stereocenters. The highest BCUT2D eigenvalue weighted by Crippen LogP contribution is 2.19. The van der Waals surface area contributed by atoms with Crippen LogP contribution in [0.25, 0.3) is 0 Å². The summed E-state index contributed by atoms with van der Waals surface area (Å²) in [6, 6.07) is 0. The fourth-order valence-electron chi connectivity index (χ4n) is 1.37. The number of carbonyl (C=O) groups excluding carboxylic acids is 1. The summed E-state index contributed by atoms with van der Waals surface area (Å²) in [5, 5.41) is 3.23. The van der Waals surface area contributed by atoms with Gasteiger partial charge in [-0.05, 0) is 7.05 Å². The van der Waals surface area contributed by atoms with Gasteiger partial charge in [-0.2, -0.15) is 0 Å². The molecule has 1 rings (SSSR count). The number of carbonyl (C=O) groups is 1. The number of thiazole rings is 1. The van der Waals surface area contributed by atoms with Gasteiger partial charge in [0.05, 0.1) is 17.2 Å². The second-order valence-electron chi connectivity index (χ2n) is 4.79. The monoisotopic (exact) mass is 255 g/mol. The number of hydrogen-bond acceptors (Lipinski definition) is 4. The van der Waals surface area contributed by atoms with Gasteiger partial charge < -0.3 is 4.90 Å². The first kappa shape index (κ1) is 14.1. The maximum Gasteiger partial charge on any atom is 0.236 e. The van der Waals surface area contributed by atoms with E-state index in [-0.39, 0.29) is 5.91 Å². The summed E-state index contributed by atoms with van der Waals surface area (Å²) in [4.78, 5) is 19.7. The molecule has 0 spiro atoms. The molecule has 0 aliphatic heterocycles. The molecule has 1 heterocycles. The quantitative estimate of drug-likeness (QED) is 0.805. The molecule has 1 aromatic rings. The number of amides is 1. The van der Waals surface area contributed by atoms with E-state index in [0.29, 0.717) is 12.5 Å². The van der Waals surface area contributed by atoms with Gasteiger partial charge in [0.1, 0.15) is 0 Å². The average molecular weight is 255 g/mol. The minimum Gasteiger partial charge on any atom is -0.348 e. The van der Waals surface area contributed by atoms with Crippen molar-refractivity contribution in [1.29, 1.82) is 0 Å². The Hall–Kier alpha value is -0.940. The van der Waals surface area contributed by atoms with Crippen molar-refractivity contribution in [2.45, 2.75) is 26.3 Å². The van der Waals surface area contributed by atoms with Crippen LogP contribution >= 0.6 is 11.3 Å². The lowest BCUT2D eigenvalue weighted by molar-refractivity contribution is -0.129. The summed E-state index contributed by atoms with van der Waals surface area (Å²) in [7, 11) is 5.49. The van der Waals surface area contributed by atoms with Crippen LogP contribution in [0, 0.1) is 0 Å². The molecule has 0 radical (unpaired) electrons. The van der Waals surface area contributed by atoms with E-state index in [0.717, 1.165) is 17.2 Å². The van der Waals surface area contributed by atoms with Crippen molar-refractivity contribution in [3.63, 3.8) is 0 Å². The lowest BCUT2D eigenvalue weighted by Gasteiger charge is -2.17. The van der Waals surface area contributed by atoms with E-state index in [9.17, 15) is 4.79 Å². The third-order valence-corrected chi connectivity index (χ3v) is 3.59. The fourth-order valence-corrected chi connectivity index (χ4v) is 2.19. The van der Waals surface area contributed by atoms with Gasteiger partial charge >= 0.3 is 0 Å². The predicted octanol–water partition coefficient (Wildman–Crippen LogP) is 1.79. The molecule has 0 aliphatic rings. The van der Waals surface area contributed by atoms with Crippen molar-refractivity contribution in [1.82, 2.24) is 14.8 Å². The van der Waals surface area contributed by atoms with E-state index in [1.807, 2.05) is 11.9 Å². The summed E-state index contributed by atoms with van der Waals surface area (Å²) in [5.74, 6) is 0.592. The zero-order valence-electron chi connectivity index (χ0n) is 11.2. The molecule has 0 fully saturated rings. The molecular weight excluding hydrogens is 234 g/mol. The van der Waals surface area contributed by atoms with Crippen molar-refractivity contribution in [3.8, 4) is 0 Å². The summed E-state index contributed by atoms with van der Waals surface area (Å²) >= 11 is 1.69. The van der Waals surface area contributed by atoms with Crippen LogP contribution in [0.4, 0.5) is 0 Å². The summed E-state index contributed by atoms with van der Waals surface area (Å²) in [5.41, 5.74) is 1.05. The van der Waals surface area contributed by atoms with Crippen LogP contribution in [0.2, 0.25) is 0 Å². The van der Waals surface area contributed by atoms with Crippen molar-refractivity contribution in [2.24, 2.45) is 0 Å². The normalized spacial score (nSPS) is 11.2. The van der Waals surface area contributed by atoms with Crippen LogP contribution in [-0.2, 0) is 11.3 Å². The molecule has 1 amide bonds. The molecule has 0 aromatic carbocycles. The van der Waals surface area contributed by atoms with Gasteiger partial charge in [0, 0.05) is 31.9 Å². The second kappa shape index (κ2) is 6.12. The van der Waals surface area contributed by atoms with Crippen molar-refractivity contribution in [3.05, 3.63) is 16.1 Å². The molecule has 0 aliphatic carbocycles. The lowest BCUT2D eigenvalue weighted by Crippen LogP contribution is -2.34. The molecule has 0 saturated carbocycles. The topological polar surface area (TPSA) is 36.4 Å². The smallest absolute Gasteiger partial charge is 0.236 e. The van der Waals surface area contributed by atoms with Crippen LogP contribution in [0.5, 0.6) is 0 Å². The van der Waals surface area contributed by atoms with Crippen molar-refractivity contribution in [2.75, 3.05) is 27.7 Å². The minimum absolute atomic E-state index is 0.117. The van der Waals surface area contributed by atoms with Gasteiger partial charge in [-0.1, -0.05) is 13.8 Å². The first-order chi connectivity index (χ1) is 7.90. The first-order valence-electron chi connectivity index (χ1n) is 5.73. The highest BCUT2D eigenvalue weighted by atomic mass is 32.1. The molecule has 0 bridgehead atoms. The molecule has 4 nitrogen and oxygen atoms in total. The maximum atomic E-state index is 11.5. The van der Waals surface area contributed by atoms with Crippen LogP contribution in [0.15, 0.2) is 5.38 Å². The van der Waals surface area contributed by atoms with Crippen LogP contribution in [-0.4, -0.2) is 48.4 Å². The number of likely N-dealkylation sites (N-methyl/N-ethyl adjacent to an activating group) is 2. The molecule has 1 aromatic heterocycles. The Bertz CT molecular complexity index is 374.